The standard InChI is InChI=1S/C12H20N2O/c1-3-5-8-14-11(15)12(4-2)6-9-13-10-7-12/h1,13H,4-10H2,2H3,(H,14,15). The smallest absolute Gasteiger partial charge is 0.226 e. The summed E-state index contributed by atoms with van der Waals surface area (Å²) in [5.74, 6) is 2.71. The fourth-order valence-electron chi connectivity index (χ4n) is 2.08. The second-order valence-corrected chi connectivity index (χ2v) is 4.09. The molecule has 0 aromatic heterocycles. The Morgan fingerprint density at radius 2 is 2.20 bits per heavy atom. The number of rotatable bonds is 4. The molecular formula is C12H20N2O. The molecule has 0 spiro atoms. The van der Waals surface area contributed by atoms with Gasteiger partial charge in [0.1, 0.15) is 0 Å². The lowest BCUT2D eigenvalue weighted by molar-refractivity contribution is -0.132. The summed E-state index contributed by atoms with van der Waals surface area (Å²) in [5, 5.41) is 6.22. The molecule has 0 radical (unpaired) electrons. The normalized spacial score (nSPS) is 19.2. The van der Waals surface area contributed by atoms with E-state index in [1.807, 2.05) is 0 Å². The van der Waals surface area contributed by atoms with Crippen molar-refractivity contribution >= 4 is 5.91 Å². The molecule has 1 saturated heterocycles. The Labute approximate surface area is 92.0 Å². The quantitative estimate of drug-likeness (QED) is 0.532. The van der Waals surface area contributed by atoms with Gasteiger partial charge in [-0.1, -0.05) is 6.92 Å². The number of carbonyl (C=O) groups excluding carboxylic acids is 1. The van der Waals surface area contributed by atoms with Crippen LogP contribution in [0.1, 0.15) is 32.6 Å². The van der Waals surface area contributed by atoms with Gasteiger partial charge in [0.25, 0.3) is 0 Å². The maximum Gasteiger partial charge on any atom is 0.226 e. The molecule has 1 fully saturated rings. The third-order valence-corrected chi connectivity index (χ3v) is 3.27. The molecule has 0 bridgehead atoms. The van der Waals surface area contributed by atoms with Crippen molar-refractivity contribution in [1.29, 1.82) is 0 Å². The summed E-state index contributed by atoms with van der Waals surface area (Å²) >= 11 is 0. The molecule has 84 valence electrons. The highest BCUT2D eigenvalue weighted by molar-refractivity contribution is 5.82. The summed E-state index contributed by atoms with van der Waals surface area (Å²) < 4.78 is 0. The Morgan fingerprint density at radius 3 is 2.73 bits per heavy atom. The first-order valence-corrected chi connectivity index (χ1v) is 5.67. The van der Waals surface area contributed by atoms with E-state index in [2.05, 4.69) is 23.5 Å². The molecule has 0 aliphatic carbocycles. The zero-order valence-corrected chi connectivity index (χ0v) is 9.44. The van der Waals surface area contributed by atoms with Crippen molar-refractivity contribution in [3.05, 3.63) is 0 Å². The van der Waals surface area contributed by atoms with Crippen molar-refractivity contribution in [2.45, 2.75) is 32.6 Å². The molecule has 15 heavy (non-hydrogen) atoms. The van der Waals surface area contributed by atoms with E-state index in [1.54, 1.807) is 0 Å². The summed E-state index contributed by atoms with van der Waals surface area (Å²) in [4.78, 5) is 12.0. The fraction of sp³-hybridized carbons (Fsp3) is 0.750. The van der Waals surface area contributed by atoms with E-state index in [4.69, 9.17) is 6.42 Å². The van der Waals surface area contributed by atoms with Crippen LogP contribution in [0.5, 0.6) is 0 Å². The number of nitrogens with one attached hydrogen (secondary N) is 2. The van der Waals surface area contributed by atoms with Crippen LogP contribution in [0.3, 0.4) is 0 Å². The van der Waals surface area contributed by atoms with Crippen LogP contribution >= 0.6 is 0 Å². The summed E-state index contributed by atoms with van der Waals surface area (Å²) in [6.45, 7) is 4.57. The molecule has 1 heterocycles. The van der Waals surface area contributed by atoms with Gasteiger partial charge in [-0.2, -0.15) is 0 Å². The Balaban J connectivity index is 2.49. The number of hydrogen-bond acceptors (Lipinski definition) is 2. The minimum atomic E-state index is -0.153. The summed E-state index contributed by atoms with van der Waals surface area (Å²) in [7, 11) is 0. The Kier molecular flexibility index (Phi) is 4.64. The van der Waals surface area contributed by atoms with E-state index in [1.165, 1.54) is 0 Å². The second kappa shape index (κ2) is 5.77. The first-order valence-electron chi connectivity index (χ1n) is 5.67. The predicted molar refractivity (Wildman–Crippen MR) is 61.3 cm³/mol. The molecule has 1 aliphatic rings. The third kappa shape index (κ3) is 2.97. The van der Waals surface area contributed by atoms with Gasteiger partial charge in [0, 0.05) is 13.0 Å². The van der Waals surface area contributed by atoms with E-state index in [-0.39, 0.29) is 11.3 Å². The van der Waals surface area contributed by atoms with Gasteiger partial charge in [-0.3, -0.25) is 4.79 Å². The number of piperidine rings is 1. The molecular weight excluding hydrogens is 188 g/mol. The molecule has 0 saturated carbocycles. The fourth-order valence-corrected chi connectivity index (χ4v) is 2.08. The first-order chi connectivity index (χ1) is 7.25. The lowest BCUT2D eigenvalue weighted by Gasteiger charge is -2.35. The van der Waals surface area contributed by atoms with Gasteiger partial charge >= 0.3 is 0 Å². The van der Waals surface area contributed by atoms with Crippen LogP contribution in [0, 0.1) is 17.8 Å². The van der Waals surface area contributed by atoms with Gasteiger partial charge in [0.2, 0.25) is 5.91 Å². The van der Waals surface area contributed by atoms with Crippen LogP contribution in [-0.4, -0.2) is 25.5 Å². The van der Waals surface area contributed by atoms with Gasteiger partial charge < -0.3 is 10.6 Å². The molecule has 3 heteroatoms. The topological polar surface area (TPSA) is 41.1 Å². The van der Waals surface area contributed by atoms with Crippen molar-refractivity contribution < 1.29 is 4.79 Å². The van der Waals surface area contributed by atoms with Crippen LogP contribution < -0.4 is 10.6 Å². The maximum absolute atomic E-state index is 12.0. The van der Waals surface area contributed by atoms with Crippen LogP contribution in [0.2, 0.25) is 0 Å². The van der Waals surface area contributed by atoms with Gasteiger partial charge in [0.15, 0.2) is 0 Å². The molecule has 2 N–H and O–H groups in total. The van der Waals surface area contributed by atoms with Crippen LogP contribution in [0.4, 0.5) is 0 Å². The monoisotopic (exact) mass is 208 g/mol. The van der Waals surface area contributed by atoms with Crippen LogP contribution in [0.25, 0.3) is 0 Å². The Hall–Kier alpha value is -1.01. The Bertz CT molecular complexity index is 249. The number of hydrogen-bond donors (Lipinski definition) is 2. The molecule has 0 aromatic carbocycles. The van der Waals surface area contributed by atoms with E-state index in [0.717, 1.165) is 32.4 Å². The Morgan fingerprint density at radius 1 is 1.53 bits per heavy atom. The molecule has 1 aliphatic heterocycles. The lowest BCUT2D eigenvalue weighted by Crippen LogP contribution is -2.47. The van der Waals surface area contributed by atoms with Crippen molar-refractivity contribution in [1.82, 2.24) is 10.6 Å². The highest BCUT2D eigenvalue weighted by Gasteiger charge is 2.37. The summed E-state index contributed by atoms with van der Waals surface area (Å²) in [6.07, 6.45) is 8.55. The largest absolute Gasteiger partial charge is 0.355 e. The van der Waals surface area contributed by atoms with E-state index in [0.29, 0.717) is 13.0 Å². The van der Waals surface area contributed by atoms with E-state index < -0.39 is 0 Å². The number of amides is 1. The van der Waals surface area contributed by atoms with Gasteiger partial charge in [0.05, 0.1) is 5.41 Å². The molecule has 3 nitrogen and oxygen atoms in total. The third-order valence-electron chi connectivity index (χ3n) is 3.27. The van der Waals surface area contributed by atoms with Crippen LogP contribution in [0.15, 0.2) is 0 Å². The zero-order chi connectivity index (χ0) is 11.1. The summed E-state index contributed by atoms with van der Waals surface area (Å²) in [5.41, 5.74) is -0.153. The van der Waals surface area contributed by atoms with Crippen molar-refractivity contribution in [2.75, 3.05) is 19.6 Å². The highest BCUT2D eigenvalue weighted by Crippen LogP contribution is 2.32. The maximum atomic E-state index is 12.0. The molecule has 0 unspecified atom stereocenters. The molecule has 0 aromatic rings. The predicted octanol–water partition coefficient (Wildman–Crippen LogP) is 0.906. The second-order valence-electron chi connectivity index (χ2n) is 4.09. The van der Waals surface area contributed by atoms with E-state index >= 15 is 0 Å². The van der Waals surface area contributed by atoms with Crippen molar-refractivity contribution in [2.24, 2.45) is 5.41 Å². The average molecular weight is 208 g/mol. The minimum Gasteiger partial charge on any atom is -0.355 e. The lowest BCUT2D eigenvalue weighted by atomic mass is 9.76. The zero-order valence-electron chi connectivity index (χ0n) is 9.44. The van der Waals surface area contributed by atoms with E-state index in [9.17, 15) is 4.79 Å². The minimum absolute atomic E-state index is 0.153. The number of terminal acetylenes is 1. The van der Waals surface area contributed by atoms with Crippen molar-refractivity contribution in [3.63, 3.8) is 0 Å². The van der Waals surface area contributed by atoms with Gasteiger partial charge in [-0.05, 0) is 32.4 Å². The molecule has 1 amide bonds. The molecule has 1 rings (SSSR count). The first kappa shape index (κ1) is 12.1. The number of carbonyl (C=O) groups is 1. The average Bonchev–Trinajstić information content (AvgIpc) is 2.30. The van der Waals surface area contributed by atoms with Crippen molar-refractivity contribution in [3.8, 4) is 12.3 Å². The highest BCUT2D eigenvalue weighted by atomic mass is 16.2. The van der Waals surface area contributed by atoms with Gasteiger partial charge in [-0.25, -0.2) is 0 Å². The summed E-state index contributed by atoms with van der Waals surface area (Å²) in [6, 6.07) is 0. The SMILES string of the molecule is C#CCCNC(=O)C1(CC)CCNCC1. The van der Waals surface area contributed by atoms with Gasteiger partial charge in [-0.15, -0.1) is 12.3 Å². The molecule has 0 atom stereocenters. The van der Waals surface area contributed by atoms with Crippen LogP contribution in [-0.2, 0) is 4.79 Å².